The Morgan fingerprint density at radius 1 is 1.28 bits per heavy atom. The fourth-order valence-corrected chi connectivity index (χ4v) is 3.07. The molecule has 2 saturated carbocycles. The molecule has 18 heavy (non-hydrogen) atoms. The van der Waals surface area contributed by atoms with Crippen LogP contribution in [-0.4, -0.2) is 13.0 Å². The van der Waals surface area contributed by atoms with E-state index in [1.165, 1.54) is 6.42 Å². The molecule has 0 aliphatic heterocycles. The van der Waals surface area contributed by atoms with E-state index in [9.17, 15) is 4.79 Å². The number of ether oxygens (including phenoxy) is 1. The zero-order chi connectivity index (χ0) is 12.7. The molecule has 96 valence electrons. The van der Waals surface area contributed by atoms with Crippen LogP contribution in [0.15, 0.2) is 18.2 Å². The van der Waals surface area contributed by atoms with Crippen molar-refractivity contribution in [3.8, 4) is 5.75 Å². The van der Waals surface area contributed by atoms with Gasteiger partial charge in [-0.15, -0.1) is 0 Å². The van der Waals surface area contributed by atoms with Gasteiger partial charge in [-0.05, 0) is 55.7 Å². The van der Waals surface area contributed by atoms with Gasteiger partial charge in [0.25, 0.3) is 0 Å². The Bertz CT molecular complexity index is 473. The molecular formula is C15H19NO2. The number of carbonyl (C=O) groups excluding carboxylic acids is 1. The number of benzene rings is 1. The van der Waals surface area contributed by atoms with Crippen molar-refractivity contribution >= 4 is 11.6 Å². The van der Waals surface area contributed by atoms with Crippen molar-refractivity contribution in [3.63, 3.8) is 0 Å². The Hall–Kier alpha value is -1.51. The number of anilines is 1. The lowest BCUT2D eigenvalue weighted by Crippen LogP contribution is -2.21. The minimum absolute atomic E-state index is 0.157. The lowest BCUT2D eigenvalue weighted by molar-refractivity contribution is -0.120. The fraction of sp³-hybridized carbons (Fsp3) is 0.533. The van der Waals surface area contributed by atoms with Gasteiger partial charge >= 0.3 is 0 Å². The average molecular weight is 245 g/mol. The highest BCUT2D eigenvalue weighted by Crippen LogP contribution is 2.54. The molecule has 0 bridgehead atoms. The van der Waals surface area contributed by atoms with Crippen molar-refractivity contribution in [2.75, 3.05) is 12.4 Å². The maximum absolute atomic E-state index is 12.2. The van der Waals surface area contributed by atoms with Crippen molar-refractivity contribution in [3.05, 3.63) is 23.8 Å². The van der Waals surface area contributed by atoms with Crippen molar-refractivity contribution in [1.82, 2.24) is 0 Å². The number of nitrogens with one attached hydrogen (secondary N) is 1. The minimum Gasteiger partial charge on any atom is -0.495 e. The molecule has 0 spiro atoms. The number of rotatable bonds is 3. The topological polar surface area (TPSA) is 38.3 Å². The maximum atomic E-state index is 12.2. The maximum Gasteiger partial charge on any atom is 0.227 e. The third-order valence-corrected chi connectivity index (χ3v) is 4.23. The van der Waals surface area contributed by atoms with Crippen molar-refractivity contribution in [2.24, 2.45) is 17.8 Å². The molecule has 1 aromatic carbocycles. The van der Waals surface area contributed by atoms with Crippen LogP contribution in [0.25, 0.3) is 0 Å². The fourth-order valence-electron chi connectivity index (χ4n) is 3.07. The van der Waals surface area contributed by atoms with Crippen LogP contribution >= 0.6 is 0 Å². The highest BCUT2D eigenvalue weighted by molar-refractivity contribution is 5.94. The number of aryl methyl sites for hydroxylation is 1. The average Bonchev–Trinajstić information content (AvgIpc) is 2.98. The van der Waals surface area contributed by atoms with Gasteiger partial charge < -0.3 is 10.1 Å². The highest BCUT2D eigenvalue weighted by Gasteiger charge is 2.48. The van der Waals surface area contributed by atoms with Gasteiger partial charge in [-0.2, -0.15) is 0 Å². The molecule has 0 heterocycles. The Labute approximate surface area is 108 Å². The predicted molar refractivity (Wildman–Crippen MR) is 70.7 cm³/mol. The molecule has 2 aliphatic carbocycles. The van der Waals surface area contributed by atoms with Gasteiger partial charge in [0.05, 0.1) is 12.8 Å². The summed E-state index contributed by atoms with van der Waals surface area (Å²) in [4.78, 5) is 12.2. The molecule has 0 aromatic heterocycles. The van der Waals surface area contributed by atoms with Crippen LogP contribution in [0.1, 0.15) is 24.8 Å². The van der Waals surface area contributed by atoms with Crippen LogP contribution in [0, 0.1) is 24.7 Å². The molecule has 3 nitrogen and oxygen atoms in total. The summed E-state index contributed by atoms with van der Waals surface area (Å²) in [5.41, 5.74) is 1.92. The van der Waals surface area contributed by atoms with E-state index in [4.69, 9.17) is 4.74 Å². The number of fused-ring (bicyclic) bond motifs is 1. The van der Waals surface area contributed by atoms with Gasteiger partial charge in [0.2, 0.25) is 5.91 Å². The van der Waals surface area contributed by atoms with Crippen LogP contribution in [0.5, 0.6) is 5.75 Å². The third-order valence-electron chi connectivity index (χ3n) is 4.23. The largest absolute Gasteiger partial charge is 0.495 e. The summed E-state index contributed by atoms with van der Waals surface area (Å²) in [5, 5.41) is 3.01. The molecule has 3 rings (SSSR count). The molecule has 3 heteroatoms. The molecule has 2 aliphatic rings. The second-order valence-electron chi connectivity index (χ2n) is 5.62. The molecule has 1 amide bonds. The number of hydrogen-bond donors (Lipinski definition) is 1. The number of carbonyl (C=O) groups is 1. The van der Waals surface area contributed by atoms with Crippen molar-refractivity contribution in [1.29, 1.82) is 0 Å². The van der Waals surface area contributed by atoms with Crippen LogP contribution in [0.3, 0.4) is 0 Å². The zero-order valence-corrected chi connectivity index (χ0v) is 10.9. The first-order chi connectivity index (χ1) is 8.67. The van der Waals surface area contributed by atoms with Crippen molar-refractivity contribution < 1.29 is 9.53 Å². The normalized spacial score (nSPS) is 28.7. The van der Waals surface area contributed by atoms with E-state index >= 15 is 0 Å². The zero-order valence-electron chi connectivity index (χ0n) is 10.9. The summed E-state index contributed by atoms with van der Waals surface area (Å²) in [6.45, 7) is 2.01. The van der Waals surface area contributed by atoms with Crippen LogP contribution in [0.4, 0.5) is 5.69 Å². The van der Waals surface area contributed by atoms with E-state index in [1.54, 1.807) is 7.11 Å². The second-order valence-corrected chi connectivity index (χ2v) is 5.62. The van der Waals surface area contributed by atoms with Gasteiger partial charge in [0.1, 0.15) is 5.75 Å². The summed E-state index contributed by atoms with van der Waals surface area (Å²) in [6.07, 6.45) is 3.49. The first-order valence-corrected chi connectivity index (χ1v) is 6.63. The Morgan fingerprint density at radius 2 is 2.00 bits per heavy atom. The Kier molecular flexibility index (Phi) is 2.77. The molecule has 0 radical (unpaired) electrons. The first kappa shape index (κ1) is 11.6. The number of hydrogen-bond acceptors (Lipinski definition) is 2. The quantitative estimate of drug-likeness (QED) is 0.889. The summed E-state index contributed by atoms with van der Waals surface area (Å²) in [5.74, 6) is 2.77. The first-order valence-electron chi connectivity index (χ1n) is 6.63. The molecule has 2 atom stereocenters. The molecule has 0 saturated heterocycles. The van der Waals surface area contributed by atoms with E-state index in [2.05, 4.69) is 5.32 Å². The Morgan fingerprint density at radius 3 is 2.67 bits per heavy atom. The lowest BCUT2D eigenvalue weighted by Gasteiger charge is -2.15. The lowest BCUT2D eigenvalue weighted by atomic mass is 10.0. The van der Waals surface area contributed by atoms with E-state index in [1.807, 2.05) is 25.1 Å². The van der Waals surface area contributed by atoms with E-state index in [-0.39, 0.29) is 11.8 Å². The third kappa shape index (κ3) is 2.09. The molecular weight excluding hydrogens is 226 g/mol. The van der Waals surface area contributed by atoms with Gasteiger partial charge in [0.15, 0.2) is 0 Å². The summed E-state index contributed by atoms with van der Waals surface area (Å²) < 4.78 is 5.30. The van der Waals surface area contributed by atoms with Gasteiger partial charge in [-0.1, -0.05) is 6.07 Å². The molecule has 1 aromatic rings. The van der Waals surface area contributed by atoms with Gasteiger partial charge in [-0.25, -0.2) is 0 Å². The van der Waals surface area contributed by atoms with E-state index in [0.29, 0.717) is 0 Å². The number of amides is 1. The standard InChI is InChI=1S/C15H19NO2/c1-9-3-4-13(14(5-9)18-2)16-15(17)12-7-10-6-11(10)8-12/h3-5,10-12H,6-8H2,1-2H3,(H,16,17). The monoisotopic (exact) mass is 245 g/mol. The highest BCUT2D eigenvalue weighted by atomic mass is 16.5. The van der Waals surface area contributed by atoms with Crippen molar-refractivity contribution in [2.45, 2.75) is 26.2 Å². The molecule has 2 fully saturated rings. The smallest absolute Gasteiger partial charge is 0.227 e. The van der Waals surface area contributed by atoms with E-state index in [0.717, 1.165) is 41.7 Å². The van der Waals surface area contributed by atoms with Crippen LogP contribution < -0.4 is 10.1 Å². The SMILES string of the molecule is COc1cc(C)ccc1NC(=O)C1CC2CC2C1. The summed E-state index contributed by atoms with van der Waals surface area (Å²) >= 11 is 0. The predicted octanol–water partition coefficient (Wildman–Crippen LogP) is 2.99. The van der Waals surface area contributed by atoms with Gasteiger partial charge in [-0.3, -0.25) is 4.79 Å². The van der Waals surface area contributed by atoms with Gasteiger partial charge in [0, 0.05) is 5.92 Å². The van der Waals surface area contributed by atoms with Crippen LogP contribution in [-0.2, 0) is 4.79 Å². The number of methoxy groups -OCH3 is 1. The summed E-state index contributed by atoms with van der Waals surface area (Å²) in [7, 11) is 1.63. The molecule has 2 unspecified atom stereocenters. The Balaban J connectivity index is 1.70. The van der Waals surface area contributed by atoms with Crippen LogP contribution in [0.2, 0.25) is 0 Å². The minimum atomic E-state index is 0.157. The second kappa shape index (κ2) is 4.30. The molecule has 1 N–H and O–H groups in total. The summed E-state index contributed by atoms with van der Waals surface area (Å²) in [6, 6.07) is 5.85. The van der Waals surface area contributed by atoms with E-state index < -0.39 is 0 Å².